The molecule has 0 radical (unpaired) electrons. The van der Waals surface area contributed by atoms with Crippen LogP contribution in [-0.2, 0) is 6.54 Å². The Morgan fingerprint density at radius 3 is 3.00 bits per heavy atom. The van der Waals surface area contributed by atoms with Crippen LogP contribution in [0.1, 0.15) is 16.8 Å². The van der Waals surface area contributed by atoms with Crippen molar-refractivity contribution in [2.75, 3.05) is 11.9 Å². The fourth-order valence-electron chi connectivity index (χ4n) is 1.53. The maximum atomic E-state index is 13.7. The normalized spacial score (nSPS) is 10.4. The zero-order valence-corrected chi connectivity index (χ0v) is 9.95. The highest BCUT2D eigenvalue weighted by Crippen LogP contribution is 2.14. The van der Waals surface area contributed by atoms with Gasteiger partial charge in [-0.1, -0.05) is 5.21 Å². The van der Waals surface area contributed by atoms with Gasteiger partial charge in [0, 0.05) is 25.5 Å². The van der Waals surface area contributed by atoms with Crippen LogP contribution < -0.4 is 5.32 Å². The van der Waals surface area contributed by atoms with E-state index in [1.165, 1.54) is 6.20 Å². The van der Waals surface area contributed by atoms with Crippen LogP contribution in [0.15, 0.2) is 24.7 Å². The molecule has 7 nitrogen and oxygen atoms in total. The highest BCUT2D eigenvalue weighted by atomic mass is 19.1. The molecule has 0 atom stereocenters. The van der Waals surface area contributed by atoms with Crippen LogP contribution in [0, 0.1) is 5.82 Å². The molecule has 19 heavy (non-hydrogen) atoms. The van der Waals surface area contributed by atoms with Gasteiger partial charge in [-0.05, 0) is 12.5 Å². The summed E-state index contributed by atoms with van der Waals surface area (Å²) in [5, 5.41) is 19.0. The largest absolute Gasteiger partial charge is 0.478 e. The first-order chi connectivity index (χ1) is 9.18. The number of carbonyl (C=O) groups is 1. The maximum absolute atomic E-state index is 13.7. The van der Waals surface area contributed by atoms with Gasteiger partial charge in [-0.3, -0.25) is 4.68 Å². The van der Waals surface area contributed by atoms with Gasteiger partial charge in [0.25, 0.3) is 0 Å². The average Bonchev–Trinajstić information content (AvgIpc) is 2.89. The number of anilines is 1. The fourth-order valence-corrected chi connectivity index (χ4v) is 1.53. The van der Waals surface area contributed by atoms with E-state index in [0.717, 1.165) is 6.07 Å². The van der Waals surface area contributed by atoms with Gasteiger partial charge in [-0.25, -0.2) is 14.2 Å². The van der Waals surface area contributed by atoms with E-state index in [1.807, 2.05) is 0 Å². The number of hydrogen-bond donors (Lipinski definition) is 2. The van der Waals surface area contributed by atoms with E-state index < -0.39 is 17.3 Å². The zero-order chi connectivity index (χ0) is 13.7. The molecule has 0 fully saturated rings. The zero-order valence-electron chi connectivity index (χ0n) is 9.95. The van der Waals surface area contributed by atoms with Gasteiger partial charge in [0.05, 0.1) is 6.20 Å². The molecule has 0 spiro atoms. The van der Waals surface area contributed by atoms with Crippen molar-refractivity contribution in [3.05, 3.63) is 36.0 Å². The van der Waals surface area contributed by atoms with Crippen molar-refractivity contribution < 1.29 is 14.3 Å². The van der Waals surface area contributed by atoms with Gasteiger partial charge >= 0.3 is 5.97 Å². The minimum absolute atomic E-state index is 0.0570. The second kappa shape index (κ2) is 5.89. The molecule has 0 aliphatic rings. The van der Waals surface area contributed by atoms with E-state index in [-0.39, 0.29) is 5.82 Å². The SMILES string of the molecule is O=C(O)c1ccnc(NCCCn2ccnn2)c1F. The molecule has 0 aliphatic carbocycles. The van der Waals surface area contributed by atoms with Crippen LogP contribution in [0.4, 0.5) is 10.2 Å². The molecule has 0 aromatic carbocycles. The number of carboxylic acids is 1. The minimum Gasteiger partial charge on any atom is -0.478 e. The Morgan fingerprint density at radius 1 is 1.47 bits per heavy atom. The highest BCUT2D eigenvalue weighted by Gasteiger charge is 2.14. The standard InChI is InChI=1S/C11H12FN5O2/c12-9-8(11(18)19)2-4-14-10(9)13-3-1-6-17-7-5-15-16-17/h2,4-5,7H,1,3,6H2,(H,13,14)(H,18,19). The third-order valence-electron chi connectivity index (χ3n) is 2.45. The first-order valence-electron chi connectivity index (χ1n) is 5.64. The number of hydrogen-bond acceptors (Lipinski definition) is 5. The van der Waals surface area contributed by atoms with Crippen LogP contribution in [0.3, 0.4) is 0 Å². The minimum atomic E-state index is -1.31. The predicted molar refractivity (Wildman–Crippen MR) is 64.3 cm³/mol. The van der Waals surface area contributed by atoms with Crippen LogP contribution in [0.5, 0.6) is 0 Å². The molecule has 2 N–H and O–H groups in total. The second-order valence-corrected chi connectivity index (χ2v) is 3.77. The van der Waals surface area contributed by atoms with Crippen molar-refractivity contribution in [1.29, 1.82) is 0 Å². The summed E-state index contributed by atoms with van der Waals surface area (Å²) < 4.78 is 15.3. The first-order valence-corrected chi connectivity index (χ1v) is 5.64. The van der Waals surface area contributed by atoms with Gasteiger partial charge in [0.15, 0.2) is 11.6 Å². The molecule has 2 rings (SSSR count). The number of nitrogens with one attached hydrogen (secondary N) is 1. The number of nitrogens with zero attached hydrogens (tertiary/aromatic N) is 4. The number of rotatable bonds is 6. The Hall–Kier alpha value is -2.51. The Bertz CT molecular complexity index is 558. The van der Waals surface area contributed by atoms with Gasteiger partial charge in [-0.15, -0.1) is 5.10 Å². The monoisotopic (exact) mass is 265 g/mol. The predicted octanol–water partition coefficient (Wildman–Crippen LogP) is 1.01. The number of aryl methyl sites for hydroxylation is 1. The van der Waals surface area contributed by atoms with Crippen molar-refractivity contribution in [3.63, 3.8) is 0 Å². The van der Waals surface area contributed by atoms with E-state index in [1.54, 1.807) is 17.1 Å². The summed E-state index contributed by atoms with van der Waals surface area (Å²) in [6.07, 6.45) is 5.24. The molecule has 8 heteroatoms. The topological polar surface area (TPSA) is 92.9 Å². The number of carboxylic acid groups (broad SMARTS) is 1. The van der Waals surface area contributed by atoms with E-state index >= 15 is 0 Å². The lowest BCUT2D eigenvalue weighted by molar-refractivity contribution is 0.0692. The molecule has 0 saturated heterocycles. The number of pyridine rings is 1. The smallest absolute Gasteiger partial charge is 0.338 e. The summed E-state index contributed by atoms with van der Waals surface area (Å²) in [6, 6.07) is 1.12. The number of aromatic nitrogens is 4. The molecule has 100 valence electrons. The second-order valence-electron chi connectivity index (χ2n) is 3.77. The summed E-state index contributed by atoms with van der Waals surface area (Å²) in [5.74, 6) is -2.22. The van der Waals surface area contributed by atoms with Crippen LogP contribution in [-0.4, -0.2) is 37.6 Å². The maximum Gasteiger partial charge on any atom is 0.338 e. The molecule has 0 saturated carbocycles. The molecule has 0 amide bonds. The summed E-state index contributed by atoms with van der Waals surface area (Å²) in [6.45, 7) is 1.08. The van der Waals surface area contributed by atoms with E-state index in [4.69, 9.17) is 5.11 Å². The van der Waals surface area contributed by atoms with Crippen LogP contribution in [0.2, 0.25) is 0 Å². The summed E-state index contributed by atoms with van der Waals surface area (Å²) in [4.78, 5) is 14.5. The van der Waals surface area contributed by atoms with Crippen molar-refractivity contribution in [1.82, 2.24) is 20.0 Å². The Labute approximate surface area is 108 Å². The van der Waals surface area contributed by atoms with Crippen molar-refractivity contribution in [3.8, 4) is 0 Å². The first kappa shape index (κ1) is 12.9. The van der Waals surface area contributed by atoms with Crippen molar-refractivity contribution >= 4 is 11.8 Å². The summed E-state index contributed by atoms with van der Waals surface area (Å²) in [5.41, 5.74) is -0.395. The van der Waals surface area contributed by atoms with E-state index in [9.17, 15) is 9.18 Å². The third-order valence-corrected chi connectivity index (χ3v) is 2.45. The van der Waals surface area contributed by atoms with Gasteiger partial charge in [-0.2, -0.15) is 0 Å². The van der Waals surface area contributed by atoms with E-state index in [2.05, 4.69) is 20.6 Å². The Morgan fingerprint density at radius 2 is 2.32 bits per heavy atom. The fraction of sp³-hybridized carbons (Fsp3) is 0.273. The Kier molecular flexibility index (Phi) is 4.01. The van der Waals surface area contributed by atoms with Gasteiger partial charge in [0.2, 0.25) is 0 Å². The highest BCUT2D eigenvalue weighted by molar-refractivity contribution is 5.88. The molecular formula is C11H12FN5O2. The third kappa shape index (κ3) is 3.24. The Balaban J connectivity index is 1.89. The summed E-state index contributed by atoms with van der Waals surface area (Å²) >= 11 is 0. The van der Waals surface area contributed by atoms with Crippen molar-refractivity contribution in [2.24, 2.45) is 0 Å². The van der Waals surface area contributed by atoms with Crippen molar-refractivity contribution in [2.45, 2.75) is 13.0 Å². The molecule has 0 aliphatic heterocycles. The molecular weight excluding hydrogens is 253 g/mol. The quantitative estimate of drug-likeness (QED) is 0.757. The molecule has 0 unspecified atom stereocenters. The van der Waals surface area contributed by atoms with Crippen LogP contribution >= 0.6 is 0 Å². The molecule has 2 heterocycles. The lowest BCUT2D eigenvalue weighted by atomic mass is 10.2. The molecule has 2 aromatic heterocycles. The average molecular weight is 265 g/mol. The van der Waals surface area contributed by atoms with E-state index in [0.29, 0.717) is 19.5 Å². The summed E-state index contributed by atoms with van der Waals surface area (Å²) in [7, 11) is 0. The molecule has 0 bridgehead atoms. The van der Waals surface area contributed by atoms with Crippen LogP contribution in [0.25, 0.3) is 0 Å². The van der Waals surface area contributed by atoms with Gasteiger partial charge in [0.1, 0.15) is 5.56 Å². The van der Waals surface area contributed by atoms with Gasteiger partial charge < -0.3 is 10.4 Å². The number of halogens is 1. The lowest BCUT2D eigenvalue weighted by Gasteiger charge is -2.07. The number of aromatic carboxylic acids is 1. The molecule has 2 aromatic rings. The lowest BCUT2D eigenvalue weighted by Crippen LogP contribution is -2.11.